The van der Waals surface area contributed by atoms with Crippen LogP contribution >= 0.6 is 11.3 Å². The van der Waals surface area contributed by atoms with Gasteiger partial charge in [-0.15, -0.1) is 0 Å². The third-order valence-corrected chi connectivity index (χ3v) is 4.55. The number of carbonyl (C=O) groups is 1. The fourth-order valence-corrected chi connectivity index (χ4v) is 2.89. The molecule has 3 rings (SSSR count). The third-order valence-electron chi connectivity index (χ3n) is 3.67. The van der Waals surface area contributed by atoms with Crippen molar-refractivity contribution in [2.45, 2.75) is 26.2 Å². The highest BCUT2D eigenvalue weighted by Crippen LogP contribution is 2.24. The van der Waals surface area contributed by atoms with Crippen LogP contribution in [0.4, 0.5) is 15.6 Å². The van der Waals surface area contributed by atoms with Gasteiger partial charge >= 0.3 is 6.03 Å². The minimum Gasteiger partial charge on any atom is -0.441 e. The monoisotopic (exact) mass is 393 g/mol. The van der Waals surface area contributed by atoms with Crippen molar-refractivity contribution < 1.29 is 9.21 Å². The van der Waals surface area contributed by atoms with Crippen LogP contribution in [0, 0.1) is 11.3 Å². The summed E-state index contributed by atoms with van der Waals surface area (Å²) in [5.74, 6) is 1.34. The zero-order chi connectivity index (χ0) is 20.1. The predicted octanol–water partition coefficient (Wildman–Crippen LogP) is 5.11. The van der Waals surface area contributed by atoms with E-state index in [1.165, 1.54) is 11.3 Å². The quantitative estimate of drug-likeness (QED) is 0.640. The Hall–Kier alpha value is -3.44. The molecule has 1 aromatic carbocycles. The molecule has 2 aromatic heterocycles. The number of urea groups is 1. The standard InChI is InChI=1S/C20H19N5O2S/c1-20(2,3)16-12-22-17(27-16)9-8-15-11-23-19(28-15)25-18(26)24-14-6-4-13(10-21)5-7-14/h4-9,11-12H,1-3H3,(H2,23,24,25,26). The lowest BCUT2D eigenvalue weighted by Crippen LogP contribution is -2.19. The molecule has 0 unspecified atom stereocenters. The lowest BCUT2D eigenvalue weighted by Gasteiger charge is -2.12. The molecule has 0 aliphatic rings. The minimum absolute atomic E-state index is 0.0943. The van der Waals surface area contributed by atoms with Crippen molar-refractivity contribution in [3.63, 3.8) is 0 Å². The van der Waals surface area contributed by atoms with Gasteiger partial charge in [-0.1, -0.05) is 32.1 Å². The first kappa shape index (κ1) is 19.3. The number of nitrogens with zero attached hydrogens (tertiary/aromatic N) is 3. The first-order valence-electron chi connectivity index (χ1n) is 8.52. The molecule has 3 aromatic rings. The second kappa shape index (κ2) is 8.06. The summed E-state index contributed by atoms with van der Waals surface area (Å²) in [5.41, 5.74) is 1.03. The summed E-state index contributed by atoms with van der Waals surface area (Å²) in [7, 11) is 0. The van der Waals surface area contributed by atoms with Crippen LogP contribution < -0.4 is 10.6 Å². The van der Waals surface area contributed by atoms with Crippen molar-refractivity contribution in [3.8, 4) is 6.07 Å². The van der Waals surface area contributed by atoms with E-state index < -0.39 is 6.03 Å². The molecule has 7 nitrogen and oxygen atoms in total. The molecule has 0 aliphatic heterocycles. The molecule has 8 heteroatoms. The number of aromatic nitrogens is 2. The largest absolute Gasteiger partial charge is 0.441 e. The molecule has 0 spiro atoms. The summed E-state index contributed by atoms with van der Waals surface area (Å²) in [6.45, 7) is 6.18. The first-order valence-corrected chi connectivity index (χ1v) is 9.33. The predicted molar refractivity (Wildman–Crippen MR) is 110 cm³/mol. The van der Waals surface area contributed by atoms with E-state index >= 15 is 0 Å². The Morgan fingerprint density at radius 3 is 2.54 bits per heavy atom. The Bertz CT molecular complexity index is 1040. The average Bonchev–Trinajstić information content (AvgIpc) is 3.29. The van der Waals surface area contributed by atoms with Crippen LogP contribution in [-0.4, -0.2) is 16.0 Å². The molecular weight excluding hydrogens is 374 g/mol. The van der Waals surface area contributed by atoms with Gasteiger partial charge in [0, 0.05) is 28.3 Å². The lowest BCUT2D eigenvalue weighted by atomic mass is 9.94. The summed E-state index contributed by atoms with van der Waals surface area (Å²) in [6, 6.07) is 8.22. The van der Waals surface area contributed by atoms with Crippen molar-refractivity contribution in [1.29, 1.82) is 5.26 Å². The van der Waals surface area contributed by atoms with Gasteiger partial charge in [0.05, 0.1) is 17.8 Å². The van der Waals surface area contributed by atoms with Crippen LogP contribution in [0.1, 0.15) is 42.9 Å². The lowest BCUT2D eigenvalue weighted by molar-refractivity contribution is 0.262. The van der Waals surface area contributed by atoms with Crippen LogP contribution in [-0.2, 0) is 5.41 Å². The maximum absolute atomic E-state index is 12.1. The summed E-state index contributed by atoms with van der Waals surface area (Å²) >= 11 is 1.33. The van der Waals surface area contributed by atoms with Crippen molar-refractivity contribution in [2.24, 2.45) is 0 Å². The van der Waals surface area contributed by atoms with E-state index in [1.807, 2.05) is 12.1 Å². The summed E-state index contributed by atoms with van der Waals surface area (Å²) in [6.07, 6.45) is 6.99. The Balaban J connectivity index is 1.58. The van der Waals surface area contributed by atoms with Crippen molar-refractivity contribution in [2.75, 3.05) is 10.6 Å². The number of anilines is 2. The summed E-state index contributed by atoms with van der Waals surface area (Å²) < 4.78 is 5.71. The zero-order valence-electron chi connectivity index (χ0n) is 15.7. The molecule has 0 bridgehead atoms. The van der Waals surface area contributed by atoms with Crippen LogP contribution in [0.25, 0.3) is 12.2 Å². The van der Waals surface area contributed by atoms with Crippen LogP contribution in [0.3, 0.4) is 0 Å². The van der Waals surface area contributed by atoms with Gasteiger partial charge in [-0.2, -0.15) is 5.26 Å². The number of hydrogen-bond donors (Lipinski definition) is 2. The fourth-order valence-electron chi connectivity index (χ4n) is 2.17. The fraction of sp³-hybridized carbons (Fsp3) is 0.200. The van der Waals surface area contributed by atoms with E-state index in [4.69, 9.17) is 9.68 Å². The Morgan fingerprint density at radius 2 is 1.89 bits per heavy atom. The number of amides is 2. The van der Waals surface area contributed by atoms with Crippen LogP contribution in [0.2, 0.25) is 0 Å². The number of rotatable bonds is 4. The topological polar surface area (TPSA) is 104 Å². The van der Waals surface area contributed by atoms with Gasteiger partial charge in [0.2, 0.25) is 5.89 Å². The van der Waals surface area contributed by atoms with E-state index in [-0.39, 0.29) is 5.41 Å². The molecule has 2 amide bonds. The van der Waals surface area contributed by atoms with Crippen LogP contribution in [0.15, 0.2) is 41.1 Å². The second-order valence-electron chi connectivity index (χ2n) is 6.98. The zero-order valence-corrected chi connectivity index (χ0v) is 16.5. The first-order chi connectivity index (χ1) is 13.3. The van der Waals surface area contributed by atoms with E-state index in [0.29, 0.717) is 22.3 Å². The maximum Gasteiger partial charge on any atom is 0.325 e. The average molecular weight is 393 g/mol. The van der Waals surface area contributed by atoms with Crippen molar-refractivity contribution >= 4 is 40.3 Å². The van der Waals surface area contributed by atoms with Gasteiger partial charge in [0.1, 0.15) is 5.76 Å². The number of nitriles is 1. The molecule has 0 saturated carbocycles. The summed E-state index contributed by atoms with van der Waals surface area (Å²) in [5, 5.41) is 14.6. The van der Waals surface area contributed by atoms with E-state index in [2.05, 4.69) is 41.4 Å². The van der Waals surface area contributed by atoms with Gasteiger partial charge in [0.25, 0.3) is 0 Å². The molecule has 28 heavy (non-hydrogen) atoms. The molecular formula is C20H19N5O2S. The van der Waals surface area contributed by atoms with Crippen molar-refractivity contribution in [1.82, 2.24) is 9.97 Å². The highest BCUT2D eigenvalue weighted by atomic mass is 32.1. The molecule has 142 valence electrons. The number of nitrogens with one attached hydrogen (secondary N) is 2. The minimum atomic E-state index is -0.405. The number of hydrogen-bond acceptors (Lipinski definition) is 6. The summed E-state index contributed by atoms with van der Waals surface area (Å²) in [4.78, 5) is 21.3. The molecule has 2 N–H and O–H groups in total. The SMILES string of the molecule is CC(C)(C)c1cnc(C=Cc2cnc(NC(=O)Nc3ccc(C#N)cc3)s2)o1. The molecule has 0 saturated heterocycles. The molecule has 0 atom stereocenters. The number of thiazole rings is 1. The maximum atomic E-state index is 12.1. The molecule has 2 heterocycles. The van der Waals surface area contributed by atoms with E-state index in [0.717, 1.165) is 10.6 Å². The van der Waals surface area contributed by atoms with Gasteiger partial charge < -0.3 is 9.73 Å². The van der Waals surface area contributed by atoms with E-state index in [9.17, 15) is 4.79 Å². The third kappa shape index (κ3) is 5.05. The number of oxazole rings is 1. The Labute approximate surface area is 166 Å². The second-order valence-corrected chi connectivity index (χ2v) is 8.04. The van der Waals surface area contributed by atoms with Gasteiger partial charge in [-0.3, -0.25) is 5.32 Å². The highest BCUT2D eigenvalue weighted by Gasteiger charge is 2.18. The van der Waals surface area contributed by atoms with Crippen molar-refractivity contribution in [3.05, 3.63) is 58.8 Å². The number of benzene rings is 1. The molecule has 0 fully saturated rings. The Morgan fingerprint density at radius 1 is 1.14 bits per heavy atom. The normalized spacial score (nSPS) is 11.4. The van der Waals surface area contributed by atoms with E-state index in [1.54, 1.807) is 42.7 Å². The van der Waals surface area contributed by atoms with Gasteiger partial charge in [-0.05, 0) is 30.3 Å². The highest BCUT2D eigenvalue weighted by molar-refractivity contribution is 7.16. The van der Waals surface area contributed by atoms with Gasteiger partial charge in [0.15, 0.2) is 5.13 Å². The van der Waals surface area contributed by atoms with Gasteiger partial charge in [-0.25, -0.2) is 14.8 Å². The number of carbonyl (C=O) groups excluding carboxylic acids is 1. The molecule has 0 radical (unpaired) electrons. The smallest absolute Gasteiger partial charge is 0.325 e. The Kier molecular flexibility index (Phi) is 5.57. The molecule has 0 aliphatic carbocycles. The van der Waals surface area contributed by atoms with Crippen LogP contribution in [0.5, 0.6) is 0 Å².